The average molecular weight is 871 g/mol. The van der Waals surface area contributed by atoms with Crippen LogP contribution >= 0.6 is 11.3 Å². The van der Waals surface area contributed by atoms with Crippen LogP contribution in [0.4, 0.5) is 17.1 Å². The molecule has 2 heterocycles. The van der Waals surface area contributed by atoms with Crippen LogP contribution in [0.3, 0.4) is 0 Å². The Balaban J connectivity index is 0.937. The summed E-state index contributed by atoms with van der Waals surface area (Å²) < 4.78 is 5.05. The highest BCUT2D eigenvalue weighted by Gasteiger charge is 2.20. The first-order valence-corrected chi connectivity index (χ1v) is 23.7. The van der Waals surface area contributed by atoms with Gasteiger partial charge in [0.2, 0.25) is 0 Å². The standard InChI is InChI=1S/C64H42N2S/c1-3-15-43(16-4-1)49-34-40-62(59(42-49)45-17-5-2-6-18-45)65(51-37-31-47(32-38-51)54-25-14-26-57-58-39-33-46-19-7-8-22-53(46)64(58)67-63(54)57)50-35-29-44(30-36-50)48-20-13-21-52(41-48)66-60-27-11-9-23-55(60)56-24-10-12-28-61(56)66/h1-42H. The SMILES string of the molecule is c1ccc(-c2ccc(N(c3ccc(-c4cccc(-n5c6ccccc6c6ccccc65)c4)cc3)c3ccc(-c4cccc5c4sc4c6ccccc6ccc54)cc3)c(-c3ccccc3)c2)cc1. The van der Waals surface area contributed by atoms with Crippen molar-refractivity contribution in [1.29, 1.82) is 0 Å². The zero-order chi connectivity index (χ0) is 44.3. The molecule has 0 saturated carbocycles. The summed E-state index contributed by atoms with van der Waals surface area (Å²) in [6, 6.07) is 93.1. The summed E-state index contributed by atoms with van der Waals surface area (Å²) in [6.07, 6.45) is 0. The van der Waals surface area contributed by atoms with Crippen LogP contribution in [0.5, 0.6) is 0 Å². The van der Waals surface area contributed by atoms with E-state index >= 15 is 0 Å². The molecule has 0 aliphatic rings. The lowest BCUT2D eigenvalue weighted by molar-refractivity contribution is 1.18. The van der Waals surface area contributed by atoms with Crippen LogP contribution in [0.2, 0.25) is 0 Å². The molecule has 0 atom stereocenters. The van der Waals surface area contributed by atoms with Gasteiger partial charge >= 0.3 is 0 Å². The summed E-state index contributed by atoms with van der Waals surface area (Å²) in [7, 11) is 0. The number of fused-ring (bicyclic) bond motifs is 8. The molecule has 0 unspecified atom stereocenters. The van der Waals surface area contributed by atoms with E-state index in [9.17, 15) is 0 Å². The highest BCUT2D eigenvalue weighted by Crippen LogP contribution is 2.46. The number of rotatable bonds is 8. The summed E-state index contributed by atoms with van der Waals surface area (Å²) in [6.45, 7) is 0. The first-order chi connectivity index (χ1) is 33.2. The molecule has 13 rings (SSSR count). The van der Waals surface area contributed by atoms with E-state index in [0.717, 1.165) is 33.9 Å². The smallest absolute Gasteiger partial charge is 0.0541 e. The van der Waals surface area contributed by atoms with E-state index in [1.54, 1.807) is 0 Å². The largest absolute Gasteiger partial charge is 0.310 e. The van der Waals surface area contributed by atoms with Gasteiger partial charge in [0.05, 0.1) is 16.7 Å². The van der Waals surface area contributed by atoms with Gasteiger partial charge in [-0.2, -0.15) is 0 Å². The molecule has 0 aliphatic heterocycles. The second kappa shape index (κ2) is 16.2. The third-order valence-corrected chi connectivity index (χ3v) is 14.7. The minimum absolute atomic E-state index is 1.08. The second-order valence-corrected chi connectivity index (χ2v) is 18.3. The molecule has 13 aromatic rings. The lowest BCUT2D eigenvalue weighted by atomic mass is 9.96. The predicted molar refractivity (Wildman–Crippen MR) is 288 cm³/mol. The van der Waals surface area contributed by atoms with Crippen molar-refractivity contribution in [2.45, 2.75) is 0 Å². The second-order valence-electron chi connectivity index (χ2n) is 17.3. The quantitative estimate of drug-likeness (QED) is 0.148. The molecule has 0 N–H and O–H groups in total. The van der Waals surface area contributed by atoms with Crippen molar-refractivity contribution < 1.29 is 0 Å². The summed E-state index contributed by atoms with van der Waals surface area (Å²) >= 11 is 1.90. The summed E-state index contributed by atoms with van der Waals surface area (Å²) in [5, 5.41) is 7.74. The Hall–Kier alpha value is -8.50. The molecule has 0 bridgehead atoms. The monoisotopic (exact) mass is 870 g/mol. The van der Waals surface area contributed by atoms with E-state index in [2.05, 4.69) is 264 Å². The fourth-order valence-corrected chi connectivity index (χ4v) is 11.6. The number of aromatic nitrogens is 1. The molecule has 0 radical (unpaired) electrons. The topological polar surface area (TPSA) is 8.17 Å². The van der Waals surface area contributed by atoms with Crippen molar-refractivity contribution in [3.05, 3.63) is 255 Å². The minimum Gasteiger partial charge on any atom is -0.310 e. The molecule has 2 aromatic heterocycles. The molecule has 0 aliphatic carbocycles. The van der Waals surface area contributed by atoms with Gasteiger partial charge in [0, 0.05) is 53.6 Å². The molecule has 2 nitrogen and oxygen atoms in total. The molecule has 11 aromatic carbocycles. The maximum atomic E-state index is 2.42. The average Bonchev–Trinajstić information content (AvgIpc) is 3.96. The number of hydrogen-bond donors (Lipinski definition) is 0. The molecule has 67 heavy (non-hydrogen) atoms. The van der Waals surface area contributed by atoms with Gasteiger partial charge in [0.1, 0.15) is 0 Å². The normalized spacial score (nSPS) is 11.6. The van der Waals surface area contributed by atoms with Crippen molar-refractivity contribution in [3.8, 4) is 50.2 Å². The van der Waals surface area contributed by atoms with Crippen LogP contribution in [0.15, 0.2) is 255 Å². The van der Waals surface area contributed by atoms with Gasteiger partial charge in [0.25, 0.3) is 0 Å². The number of hydrogen-bond acceptors (Lipinski definition) is 2. The number of anilines is 3. The third kappa shape index (κ3) is 6.71. The highest BCUT2D eigenvalue weighted by atomic mass is 32.1. The maximum Gasteiger partial charge on any atom is 0.0541 e. The molecule has 3 heteroatoms. The molecule has 0 spiro atoms. The maximum absolute atomic E-state index is 2.42. The van der Waals surface area contributed by atoms with Crippen LogP contribution in [-0.2, 0) is 0 Å². The van der Waals surface area contributed by atoms with Crippen LogP contribution in [-0.4, -0.2) is 4.57 Å². The first kappa shape index (κ1) is 38.9. The number of benzene rings is 11. The van der Waals surface area contributed by atoms with E-state index in [4.69, 9.17) is 0 Å². The molecule has 0 amide bonds. The van der Waals surface area contributed by atoms with Crippen molar-refractivity contribution in [1.82, 2.24) is 4.57 Å². The molecule has 314 valence electrons. The Morgan fingerprint density at radius 3 is 1.52 bits per heavy atom. The molecular weight excluding hydrogens is 829 g/mol. The Bertz CT molecular complexity index is 3900. The summed E-state index contributed by atoms with van der Waals surface area (Å²) in [5.41, 5.74) is 16.3. The Kier molecular flexibility index (Phi) is 9.40. The number of thiophene rings is 1. The van der Waals surface area contributed by atoms with Crippen molar-refractivity contribution in [3.63, 3.8) is 0 Å². The molecular formula is C64H42N2S. The first-order valence-electron chi connectivity index (χ1n) is 22.9. The Morgan fingerprint density at radius 2 is 0.806 bits per heavy atom. The highest BCUT2D eigenvalue weighted by molar-refractivity contribution is 7.27. The van der Waals surface area contributed by atoms with Gasteiger partial charge in [-0.05, 0) is 110 Å². The van der Waals surface area contributed by atoms with E-state index in [1.807, 2.05) is 11.3 Å². The molecule has 0 fully saturated rings. The van der Waals surface area contributed by atoms with Gasteiger partial charge in [-0.3, -0.25) is 0 Å². The molecule has 0 saturated heterocycles. The predicted octanol–water partition coefficient (Wildman–Crippen LogP) is 18.4. The van der Waals surface area contributed by atoms with Gasteiger partial charge in [-0.1, -0.05) is 194 Å². The zero-order valence-corrected chi connectivity index (χ0v) is 37.4. The van der Waals surface area contributed by atoms with Gasteiger partial charge in [0.15, 0.2) is 0 Å². The fourth-order valence-electron chi connectivity index (χ4n) is 10.2. The Labute approximate surface area is 393 Å². The van der Waals surface area contributed by atoms with E-state index in [0.29, 0.717) is 0 Å². The summed E-state index contributed by atoms with van der Waals surface area (Å²) in [5.74, 6) is 0. The van der Waals surface area contributed by atoms with Gasteiger partial charge in [-0.25, -0.2) is 0 Å². The van der Waals surface area contributed by atoms with Crippen molar-refractivity contribution in [2.75, 3.05) is 4.90 Å². The van der Waals surface area contributed by atoms with E-state index < -0.39 is 0 Å². The van der Waals surface area contributed by atoms with Crippen LogP contribution < -0.4 is 4.90 Å². The zero-order valence-electron chi connectivity index (χ0n) is 36.6. The number of para-hydroxylation sites is 2. The minimum atomic E-state index is 1.08. The van der Waals surface area contributed by atoms with Crippen molar-refractivity contribution >= 4 is 81.1 Å². The Morgan fingerprint density at radius 1 is 0.299 bits per heavy atom. The van der Waals surface area contributed by atoms with Crippen LogP contribution in [0.1, 0.15) is 0 Å². The van der Waals surface area contributed by atoms with Gasteiger partial charge < -0.3 is 9.47 Å². The number of nitrogens with zero attached hydrogens (tertiary/aromatic N) is 2. The third-order valence-electron chi connectivity index (χ3n) is 13.4. The van der Waals surface area contributed by atoms with Gasteiger partial charge in [-0.15, -0.1) is 11.3 Å². The summed E-state index contributed by atoms with van der Waals surface area (Å²) in [4.78, 5) is 2.42. The van der Waals surface area contributed by atoms with Crippen LogP contribution in [0.25, 0.3) is 103 Å². The van der Waals surface area contributed by atoms with Crippen molar-refractivity contribution in [2.24, 2.45) is 0 Å². The lowest BCUT2D eigenvalue weighted by Crippen LogP contribution is -2.11. The van der Waals surface area contributed by atoms with E-state index in [-0.39, 0.29) is 0 Å². The lowest BCUT2D eigenvalue weighted by Gasteiger charge is -2.29. The fraction of sp³-hybridized carbons (Fsp3) is 0. The van der Waals surface area contributed by atoms with Crippen LogP contribution in [0, 0.1) is 0 Å². The van der Waals surface area contributed by atoms with E-state index in [1.165, 1.54) is 86.1 Å².